The maximum Gasteiger partial charge on any atom is 0.305 e. The van der Waals surface area contributed by atoms with Crippen molar-refractivity contribution < 1.29 is 23.2 Å². The minimum atomic E-state index is -4.45. The molecule has 0 saturated heterocycles. The fourth-order valence-corrected chi connectivity index (χ4v) is 4.34. The van der Waals surface area contributed by atoms with Gasteiger partial charge in [0.15, 0.2) is 4.90 Å². The number of halogens is 2. The van der Waals surface area contributed by atoms with E-state index in [1.54, 1.807) is 0 Å². The third-order valence-electron chi connectivity index (χ3n) is 3.29. The van der Waals surface area contributed by atoms with E-state index in [-0.39, 0.29) is 15.7 Å². The zero-order valence-corrected chi connectivity index (χ0v) is 15.3. The molecule has 8 nitrogen and oxygen atoms in total. The molecule has 0 amide bonds. The van der Waals surface area contributed by atoms with Crippen molar-refractivity contribution in [3.63, 3.8) is 0 Å². The summed E-state index contributed by atoms with van der Waals surface area (Å²) >= 11 is 11.8. The van der Waals surface area contributed by atoms with Crippen molar-refractivity contribution in [3.8, 4) is 0 Å². The van der Waals surface area contributed by atoms with Crippen LogP contribution in [-0.4, -0.2) is 31.0 Å². The van der Waals surface area contributed by atoms with Crippen LogP contribution in [0.15, 0.2) is 47.4 Å². The van der Waals surface area contributed by atoms with Gasteiger partial charge >= 0.3 is 5.97 Å². The van der Waals surface area contributed by atoms with E-state index in [2.05, 4.69) is 0 Å². The molecule has 11 heteroatoms. The summed E-state index contributed by atoms with van der Waals surface area (Å²) in [4.78, 5) is 20.7. The Morgan fingerprint density at radius 2 is 1.73 bits per heavy atom. The van der Waals surface area contributed by atoms with Gasteiger partial charge in [0.25, 0.3) is 15.7 Å². The van der Waals surface area contributed by atoms with Crippen molar-refractivity contribution in [3.05, 3.63) is 62.6 Å². The summed E-state index contributed by atoms with van der Waals surface area (Å²) in [6.07, 6.45) is -0.524. The molecule has 0 saturated carbocycles. The molecule has 0 aromatic heterocycles. The van der Waals surface area contributed by atoms with E-state index < -0.39 is 44.5 Å². The number of nitro benzene ring substituents is 1. The van der Waals surface area contributed by atoms with Crippen LogP contribution in [0.25, 0.3) is 0 Å². The molecular formula is C15H12Cl2N2O6S. The molecule has 0 spiro atoms. The number of para-hydroxylation sites is 1. The predicted molar refractivity (Wildman–Crippen MR) is 96.3 cm³/mol. The van der Waals surface area contributed by atoms with Crippen LogP contribution >= 0.6 is 23.2 Å². The Labute approximate surface area is 158 Å². The SMILES string of the molecule is O=C(O)CCN(c1cc(Cl)cc(Cl)c1)S(=O)(=O)c1ccccc1[N+](=O)[O-]. The standard InChI is InChI=1S/C15H12Cl2N2O6S/c16-10-7-11(17)9-12(8-10)18(6-5-15(20)21)26(24,25)14-4-2-1-3-13(14)19(22)23/h1-4,7-9H,5-6H2,(H,20,21). The van der Waals surface area contributed by atoms with Crippen molar-refractivity contribution >= 4 is 50.6 Å². The Balaban J connectivity index is 2.64. The molecule has 0 aliphatic rings. The zero-order valence-electron chi connectivity index (χ0n) is 13.0. The van der Waals surface area contributed by atoms with E-state index in [1.165, 1.54) is 30.3 Å². The van der Waals surface area contributed by atoms with Gasteiger partial charge in [0, 0.05) is 22.7 Å². The number of hydrogen-bond acceptors (Lipinski definition) is 5. The van der Waals surface area contributed by atoms with Crippen molar-refractivity contribution in [2.75, 3.05) is 10.8 Å². The number of nitro groups is 1. The van der Waals surface area contributed by atoms with E-state index >= 15 is 0 Å². The summed E-state index contributed by atoms with van der Waals surface area (Å²) in [6, 6.07) is 8.72. The van der Waals surface area contributed by atoms with Crippen LogP contribution in [0, 0.1) is 10.1 Å². The first-order valence-corrected chi connectivity index (χ1v) is 9.26. The van der Waals surface area contributed by atoms with Crippen LogP contribution in [0.2, 0.25) is 10.0 Å². The van der Waals surface area contributed by atoms with Crippen molar-refractivity contribution in [2.45, 2.75) is 11.3 Å². The molecule has 2 rings (SSSR count). The van der Waals surface area contributed by atoms with Crippen LogP contribution < -0.4 is 4.31 Å². The number of rotatable bonds is 7. The normalized spacial score (nSPS) is 11.2. The number of hydrogen-bond donors (Lipinski definition) is 1. The highest BCUT2D eigenvalue weighted by Gasteiger charge is 2.32. The fraction of sp³-hybridized carbons (Fsp3) is 0.133. The summed E-state index contributed by atoms with van der Waals surface area (Å²) in [5.74, 6) is -1.24. The van der Waals surface area contributed by atoms with E-state index in [0.717, 1.165) is 16.4 Å². The number of nitrogens with zero attached hydrogens (tertiary/aromatic N) is 2. The minimum Gasteiger partial charge on any atom is -0.481 e. The monoisotopic (exact) mass is 418 g/mol. The van der Waals surface area contributed by atoms with Gasteiger partial charge in [0.2, 0.25) is 0 Å². The van der Waals surface area contributed by atoms with Gasteiger partial charge in [-0.05, 0) is 24.3 Å². The van der Waals surface area contributed by atoms with Crippen LogP contribution in [0.4, 0.5) is 11.4 Å². The lowest BCUT2D eigenvalue weighted by atomic mass is 10.3. The van der Waals surface area contributed by atoms with Gasteiger partial charge < -0.3 is 5.11 Å². The average Bonchev–Trinajstić information content (AvgIpc) is 2.53. The Morgan fingerprint density at radius 3 is 2.27 bits per heavy atom. The summed E-state index contributed by atoms with van der Waals surface area (Å²) in [5.41, 5.74) is -0.622. The van der Waals surface area contributed by atoms with Gasteiger partial charge in [-0.2, -0.15) is 0 Å². The molecule has 0 aliphatic carbocycles. The van der Waals surface area contributed by atoms with Gasteiger partial charge in [-0.25, -0.2) is 8.42 Å². The maximum atomic E-state index is 13.0. The first-order valence-electron chi connectivity index (χ1n) is 7.07. The van der Waals surface area contributed by atoms with Crippen molar-refractivity contribution in [2.24, 2.45) is 0 Å². The van der Waals surface area contributed by atoms with E-state index in [1.807, 2.05) is 0 Å². The number of carboxylic acid groups (broad SMARTS) is 1. The van der Waals surface area contributed by atoms with Crippen molar-refractivity contribution in [1.82, 2.24) is 0 Å². The van der Waals surface area contributed by atoms with Crippen LogP contribution in [-0.2, 0) is 14.8 Å². The molecule has 0 fully saturated rings. The predicted octanol–water partition coefficient (Wildman–Crippen LogP) is 3.57. The second-order valence-electron chi connectivity index (χ2n) is 5.07. The summed E-state index contributed by atoms with van der Waals surface area (Å²) in [5, 5.41) is 20.4. The van der Waals surface area contributed by atoms with E-state index in [9.17, 15) is 23.3 Å². The molecule has 0 unspecified atom stereocenters. The third kappa shape index (κ3) is 4.43. The summed E-state index contributed by atoms with van der Waals surface area (Å²) in [7, 11) is -4.45. The van der Waals surface area contributed by atoms with Crippen LogP contribution in [0.3, 0.4) is 0 Å². The quantitative estimate of drug-likeness (QED) is 0.542. The Kier molecular flexibility index (Phi) is 6.06. The first kappa shape index (κ1) is 20.0. The van der Waals surface area contributed by atoms with Crippen LogP contribution in [0.1, 0.15) is 6.42 Å². The average molecular weight is 419 g/mol. The Bertz CT molecular complexity index is 944. The van der Waals surface area contributed by atoms with Crippen molar-refractivity contribution in [1.29, 1.82) is 0 Å². The Morgan fingerprint density at radius 1 is 1.15 bits per heavy atom. The van der Waals surface area contributed by atoms with Gasteiger partial charge in [-0.15, -0.1) is 0 Å². The molecule has 0 heterocycles. The molecular weight excluding hydrogens is 407 g/mol. The fourth-order valence-electron chi connectivity index (χ4n) is 2.21. The highest BCUT2D eigenvalue weighted by Crippen LogP contribution is 2.32. The molecule has 0 aliphatic heterocycles. The second kappa shape index (κ2) is 7.90. The second-order valence-corrected chi connectivity index (χ2v) is 7.78. The smallest absolute Gasteiger partial charge is 0.305 e. The van der Waals surface area contributed by atoms with Gasteiger partial charge in [0.05, 0.1) is 17.0 Å². The molecule has 2 aromatic carbocycles. The largest absolute Gasteiger partial charge is 0.481 e. The van der Waals surface area contributed by atoms with E-state index in [0.29, 0.717) is 0 Å². The number of benzene rings is 2. The number of sulfonamides is 1. The third-order valence-corrected chi connectivity index (χ3v) is 5.61. The summed E-state index contributed by atoms with van der Waals surface area (Å²) in [6.45, 7) is -0.458. The molecule has 26 heavy (non-hydrogen) atoms. The lowest BCUT2D eigenvalue weighted by molar-refractivity contribution is -0.387. The Hall–Kier alpha value is -2.36. The highest BCUT2D eigenvalue weighted by atomic mass is 35.5. The van der Waals surface area contributed by atoms with E-state index in [4.69, 9.17) is 28.3 Å². The zero-order chi connectivity index (χ0) is 19.5. The molecule has 1 N–H and O–H groups in total. The van der Waals surface area contributed by atoms with Crippen LogP contribution in [0.5, 0.6) is 0 Å². The number of anilines is 1. The van der Waals surface area contributed by atoms with Gasteiger partial charge in [0.1, 0.15) is 0 Å². The maximum absolute atomic E-state index is 13.0. The lowest BCUT2D eigenvalue weighted by Crippen LogP contribution is -2.33. The summed E-state index contributed by atoms with van der Waals surface area (Å²) < 4.78 is 26.8. The first-order chi connectivity index (χ1) is 12.1. The number of aliphatic carboxylic acids is 1. The lowest BCUT2D eigenvalue weighted by Gasteiger charge is -2.24. The van der Waals surface area contributed by atoms with Gasteiger partial charge in [-0.3, -0.25) is 19.2 Å². The number of carboxylic acids is 1. The molecule has 0 atom stereocenters. The molecule has 2 aromatic rings. The molecule has 0 bridgehead atoms. The highest BCUT2D eigenvalue weighted by molar-refractivity contribution is 7.93. The molecule has 138 valence electrons. The number of carbonyl (C=O) groups is 1. The topological polar surface area (TPSA) is 118 Å². The minimum absolute atomic E-state index is 0.00176. The molecule has 0 radical (unpaired) electrons. The van der Waals surface area contributed by atoms with Gasteiger partial charge in [-0.1, -0.05) is 35.3 Å².